The van der Waals surface area contributed by atoms with Crippen molar-refractivity contribution in [2.24, 2.45) is 0 Å². The van der Waals surface area contributed by atoms with Gasteiger partial charge in [0.15, 0.2) is 11.6 Å². The molecule has 0 aliphatic rings. The van der Waals surface area contributed by atoms with E-state index in [0.717, 1.165) is 13.0 Å². The van der Waals surface area contributed by atoms with Gasteiger partial charge in [0.25, 0.3) is 0 Å². The summed E-state index contributed by atoms with van der Waals surface area (Å²) in [5.41, 5.74) is 0. The van der Waals surface area contributed by atoms with Gasteiger partial charge in [-0.05, 0) is 42.4 Å². The Balaban J connectivity index is 2.40. The molecule has 0 aromatic carbocycles. The minimum Gasteiger partial charge on any atom is -0.366 e. The molecule has 0 spiro atoms. The highest BCUT2D eigenvalue weighted by Crippen LogP contribution is 2.15. The van der Waals surface area contributed by atoms with Gasteiger partial charge in [-0.25, -0.2) is 9.37 Å². The van der Waals surface area contributed by atoms with Crippen molar-refractivity contribution in [2.45, 2.75) is 26.3 Å². The Morgan fingerprint density at radius 3 is 2.88 bits per heavy atom. The van der Waals surface area contributed by atoms with Crippen LogP contribution in [-0.4, -0.2) is 36.1 Å². The Morgan fingerprint density at radius 2 is 2.29 bits per heavy atom. The number of halogens is 2. The molecule has 0 saturated carbocycles. The Bertz CT molecular complexity index is 360. The third kappa shape index (κ3) is 4.60. The highest BCUT2D eigenvalue weighted by atomic mass is 79.9. The lowest BCUT2D eigenvalue weighted by Crippen LogP contribution is -2.32. The number of nitrogens with one attached hydrogen (secondary N) is 1. The van der Waals surface area contributed by atoms with Crippen molar-refractivity contribution in [3.63, 3.8) is 0 Å². The molecule has 0 radical (unpaired) electrons. The average Bonchev–Trinajstić information content (AvgIpc) is 2.30. The molecule has 1 aromatic rings. The summed E-state index contributed by atoms with van der Waals surface area (Å²) in [5.74, 6) is -0.0173. The highest BCUT2D eigenvalue weighted by Gasteiger charge is 2.07. The fourth-order valence-electron chi connectivity index (χ4n) is 1.43. The fraction of sp³-hybridized carbons (Fsp3) is 0.583. The molecule has 5 heteroatoms. The molecular weight excluding hydrogens is 285 g/mol. The quantitative estimate of drug-likeness (QED) is 0.875. The molecule has 1 N–H and O–H groups in total. The molecule has 17 heavy (non-hydrogen) atoms. The number of nitrogens with zero attached hydrogens (tertiary/aromatic N) is 2. The van der Waals surface area contributed by atoms with E-state index >= 15 is 0 Å². The molecule has 0 aliphatic heterocycles. The standard InChI is InChI=1S/C12H19BrFN3/c1-4-9(2)17(3)6-5-15-12-11(14)7-10(13)8-16-12/h7-9H,4-6H2,1-3H3,(H,15,16). The van der Waals surface area contributed by atoms with Crippen LogP contribution in [-0.2, 0) is 0 Å². The van der Waals surface area contributed by atoms with E-state index in [2.05, 4.69) is 52.0 Å². The molecule has 0 fully saturated rings. The Morgan fingerprint density at radius 1 is 1.59 bits per heavy atom. The van der Waals surface area contributed by atoms with Crippen LogP contribution < -0.4 is 5.32 Å². The Labute approximate surface area is 111 Å². The molecule has 1 rings (SSSR count). The van der Waals surface area contributed by atoms with E-state index in [4.69, 9.17) is 0 Å². The number of rotatable bonds is 6. The number of hydrogen-bond donors (Lipinski definition) is 1. The molecule has 0 bridgehead atoms. The zero-order chi connectivity index (χ0) is 12.8. The molecular formula is C12H19BrFN3. The van der Waals surface area contributed by atoms with E-state index < -0.39 is 0 Å². The monoisotopic (exact) mass is 303 g/mol. The van der Waals surface area contributed by atoms with Crippen LogP contribution in [0.15, 0.2) is 16.7 Å². The second kappa shape index (κ2) is 6.91. The molecule has 3 nitrogen and oxygen atoms in total. The maximum Gasteiger partial charge on any atom is 0.166 e. The van der Waals surface area contributed by atoms with Gasteiger partial charge in [0.1, 0.15) is 0 Å². The van der Waals surface area contributed by atoms with Crippen LogP contribution in [0.2, 0.25) is 0 Å². The summed E-state index contributed by atoms with van der Waals surface area (Å²) in [7, 11) is 2.07. The summed E-state index contributed by atoms with van der Waals surface area (Å²) >= 11 is 3.18. The van der Waals surface area contributed by atoms with Crippen molar-refractivity contribution in [1.82, 2.24) is 9.88 Å². The van der Waals surface area contributed by atoms with Crippen LogP contribution in [0.4, 0.5) is 10.2 Å². The number of hydrogen-bond acceptors (Lipinski definition) is 3. The molecule has 1 heterocycles. The first-order valence-corrected chi connectivity index (χ1v) is 6.59. The number of aromatic nitrogens is 1. The summed E-state index contributed by atoms with van der Waals surface area (Å²) in [6.45, 7) is 5.89. The second-order valence-corrected chi connectivity index (χ2v) is 5.06. The van der Waals surface area contributed by atoms with Gasteiger partial charge in [-0.2, -0.15) is 0 Å². The van der Waals surface area contributed by atoms with Crippen LogP contribution in [0.5, 0.6) is 0 Å². The molecule has 0 amide bonds. The van der Waals surface area contributed by atoms with Crippen molar-refractivity contribution in [3.8, 4) is 0 Å². The normalized spacial score (nSPS) is 12.8. The largest absolute Gasteiger partial charge is 0.366 e. The minimum absolute atomic E-state index is 0.311. The van der Waals surface area contributed by atoms with E-state index in [1.54, 1.807) is 6.20 Å². The topological polar surface area (TPSA) is 28.2 Å². The van der Waals surface area contributed by atoms with Gasteiger partial charge in [0.2, 0.25) is 0 Å². The van der Waals surface area contributed by atoms with Gasteiger partial charge in [-0.3, -0.25) is 0 Å². The summed E-state index contributed by atoms with van der Waals surface area (Å²) < 4.78 is 14.1. The smallest absolute Gasteiger partial charge is 0.166 e. The maximum absolute atomic E-state index is 13.4. The molecule has 96 valence electrons. The lowest BCUT2D eigenvalue weighted by molar-refractivity contribution is 0.261. The van der Waals surface area contributed by atoms with Crippen molar-refractivity contribution < 1.29 is 4.39 Å². The summed E-state index contributed by atoms with van der Waals surface area (Å²) in [5, 5.41) is 3.00. The third-order valence-corrected chi connectivity index (χ3v) is 3.34. The second-order valence-electron chi connectivity index (χ2n) is 4.15. The first-order valence-electron chi connectivity index (χ1n) is 5.79. The first kappa shape index (κ1) is 14.4. The zero-order valence-corrected chi connectivity index (χ0v) is 12.1. The molecule has 1 atom stereocenters. The zero-order valence-electron chi connectivity index (χ0n) is 10.5. The van der Waals surface area contributed by atoms with Crippen LogP contribution >= 0.6 is 15.9 Å². The van der Waals surface area contributed by atoms with Crippen molar-refractivity contribution in [1.29, 1.82) is 0 Å². The van der Waals surface area contributed by atoms with Crippen LogP contribution in [0, 0.1) is 5.82 Å². The Kier molecular flexibility index (Phi) is 5.85. The van der Waals surface area contributed by atoms with Gasteiger partial charge < -0.3 is 10.2 Å². The molecule has 0 saturated heterocycles. The first-order chi connectivity index (χ1) is 8.04. The molecule has 1 unspecified atom stereocenters. The third-order valence-electron chi connectivity index (χ3n) is 2.91. The predicted octanol–water partition coefficient (Wildman–Crippen LogP) is 3.13. The SMILES string of the molecule is CCC(C)N(C)CCNc1ncc(Br)cc1F. The Hall–Kier alpha value is -0.680. The summed E-state index contributed by atoms with van der Waals surface area (Å²) in [6.07, 6.45) is 2.70. The molecule has 0 aliphatic carbocycles. The average molecular weight is 304 g/mol. The van der Waals surface area contributed by atoms with E-state index in [9.17, 15) is 4.39 Å². The maximum atomic E-state index is 13.4. The van der Waals surface area contributed by atoms with Gasteiger partial charge in [0, 0.05) is 29.8 Å². The molecule has 1 aromatic heterocycles. The van der Waals surface area contributed by atoms with E-state index in [0.29, 0.717) is 22.9 Å². The van der Waals surface area contributed by atoms with Gasteiger partial charge in [0.05, 0.1) is 0 Å². The van der Waals surface area contributed by atoms with Crippen LogP contribution in [0.1, 0.15) is 20.3 Å². The van der Waals surface area contributed by atoms with Crippen molar-refractivity contribution in [3.05, 3.63) is 22.6 Å². The van der Waals surface area contributed by atoms with E-state index in [1.165, 1.54) is 6.07 Å². The lowest BCUT2D eigenvalue weighted by atomic mass is 10.2. The van der Waals surface area contributed by atoms with Crippen LogP contribution in [0.25, 0.3) is 0 Å². The predicted molar refractivity (Wildman–Crippen MR) is 72.8 cm³/mol. The van der Waals surface area contributed by atoms with Crippen LogP contribution in [0.3, 0.4) is 0 Å². The number of pyridine rings is 1. The fourth-order valence-corrected chi connectivity index (χ4v) is 1.73. The number of anilines is 1. The van der Waals surface area contributed by atoms with Gasteiger partial charge in [-0.15, -0.1) is 0 Å². The van der Waals surface area contributed by atoms with E-state index in [-0.39, 0.29) is 5.82 Å². The van der Waals surface area contributed by atoms with E-state index in [1.807, 2.05) is 0 Å². The minimum atomic E-state index is -0.328. The summed E-state index contributed by atoms with van der Waals surface area (Å²) in [4.78, 5) is 6.23. The van der Waals surface area contributed by atoms with Gasteiger partial charge in [-0.1, -0.05) is 6.92 Å². The van der Waals surface area contributed by atoms with Gasteiger partial charge >= 0.3 is 0 Å². The highest BCUT2D eigenvalue weighted by molar-refractivity contribution is 9.10. The van der Waals surface area contributed by atoms with Crippen molar-refractivity contribution in [2.75, 3.05) is 25.5 Å². The summed E-state index contributed by atoms with van der Waals surface area (Å²) in [6, 6.07) is 1.95. The lowest BCUT2D eigenvalue weighted by Gasteiger charge is -2.23. The number of likely N-dealkylation sites (N-methyl/N-ethyl adjacent to an activating group) is 1. The van der Waals surface area contributed by atoms with Crippen molar-refractivity contribution >= 4 is 21.7 Å².